The number of hydrogen-bond donors (Lipinski definition) is 2. The van der Waals surface area contributed by atoms with Crippen LogP contribution in [-0.2, 0) is 22.9 Å². The van der Waals surface area contributed by atoms with Crippen molar-refractivity contribution < 1.29 is 17.9 Å². The molecule has 0 atom stereocenters. The largest absolute Gasteiger partial charge is 0.497 e. The molecule has 9 heteroatoms. The van der Waals surface area contributed by atoms with Gasteiger partial charge < -0.3 is 10.1 Å². The number of sulfonamides is 1. The molecule has 1 amide bonds. The number of fused-ring (bicyclic) bond motifs is 1. The molecule has 7 nitrogen and oxygen atoms in total. The summed E-state index contributed by atoms with van der Waals surface area (Å²) >= 11 is 1.48. The van der Waals surface area contributed by atoms with Crippen molar-refractivity contribution in [2.24, 2.45) is 0 Å². The molecule has 0 unspecified atom stereocenters. The number of rotatable bonds is 6. The summed E-state index contributed by atoms with van der Waals surface area (Å²) < 4.78 is 32.7. The van der Waals surface area contributed by atoms with Gasteiger partial charge in [0.15, 0.2) is 0 Å². The zero-order valence-electron chi connectivity index (χ0n) is 18.1. The summed E-state index contributed by atoms with van der Waals surface area (Å²) in [4.78, 5) is 14.1. The Hall–Kier alpha value is -3.35. The number of nitrogens with one attached hydrogen (secondary N) is 2. The Morgan fingerprint density at radius 1 is 1.03 bits per heavy atom. The molecule has 2 aromatic carbocycles. The average molecular weight is 482 g/mol. The Balaban J connectivity index is 1.47. The summed E-state index contributed by atoms with van der Waals surface area (Å²) in [5, 5.41) is 13.1. The first kappa shape index (κ1) is 22.8. The van der Waals surface area contributed by atoms with Gasteiger partial charge in [0, 0.05) is 16.1 Å². The highest BCUT2D eigenvalue weighted by atomic mass is 32.2. The second-order valence-corrected chi connectivity index (χ2v) is 10.5. The van der Waals surface area contributed by atoms with Crippen molar-refractivity contribution in [1.29, 1.82) is 5.26 Å². The van der Waals surface area contributed by atoms with E-state index in [4.69, 9.17) is 4.74 Å². The van der Waals surface area contributed by atoms with Crippen molar-refractivity contribution in [1.82, 2.24) is 0 Å². The number of methoxy groups -OCH3 is 1. The molecule has 1 aromatic heterocycles. The van der Waals surface area contributed by atoms with Crippen molar-refractivity contribution in [2.75, 3.05) is 17.1 Å². The van der Waals surface area contributed by atoms with E-state index in [0.29, 0.717) is 27.6 Å². The maximum atomic E-state index is 12.8. The summed E-state index contributed by atoms with van der Waals surface area (Å²) in [5.41, 5.74) is 2.34. The number of anilines is 2. The average Bonchev–Trinajstić information content (AvgIpc) is 2.97. The van der Waals surface area contributed by atoms with Crippen molar-refractivity contribution in [2.45, 2.75) is 37.0 Å². The number of ether oxygens (including phenoxy) is 1. The van der Waals surface area contributed by atoms with Crippen LogP contribution >= 0.6 is 11.3 Å². The lowest BCUT2D eigenvalue weighted by Crippen LogP contribution is -2.14. The molecule has 0 fully saturated rings. The summed E-state index contributed by atoms with van der Waals surface area (Å²) in [6.45, 7) is 0. The maximum absolute atomic E-state index is 12.8. The third kappa shape index (κ3) is 5.02. The maximum Gasteiger partial charge on any atom is 0.261 e. The van der Waals surface area contributed by atoms with E-state index in [2.05, 4.69) is 16.1 Å². The third-order valence-corrected chi connectivity index (χ3v) is 8.13. The topological polar surface area (TPSA) is 108 Å². The molecule has 33 heavy (non-hydrogen) atoms. The number of thiophene rings is 1. The molecule has 1 heterocycles. The molecule has 1 aliphatic carbocycles. The number of nitriles is 1. The molecular formula is C24H23N3O4S2. The normalized spacial score (nSPS) is 13.3. The number of benzene rings is 2. The molecule has 1 aliphatic rings. The van der Waals surface area contributed by atoms with Crippen LogP contribution in [-0.4, -0.2) is 21.4 Å². The summed E-state index contributed by atoms with van der Waals surface area (Å²) in [6.07, 6.45) is 5.11. The second kappa shape index (κ2) is 9.65. The van der Waals surface area contributed by atoms with E-state index in [0.717, 1.165) is 37.7 Å². The zero-order valence-corrected chi connectivity index (χ0v) is 19.7. The van der Waals surface area contributed by atoms with Crippen molar-refractivity contribution in [3.05, 3.63) is 70.1 Å². The lowest BCUT2D eigenvalue weighted by molar-refractivity contribution is 0.102. The van der Waals surface area contributed by atoms with Gasteiger partial charge >= 0.3 is 0 Å². The van der Waals surface area contributed by atoms with E-state index in [1.54, 1.807) is 24.3 Å². The highest BCUT2D eigenvalue weighted by molar-refractivity contribution is 7.92. The molecule has 0 radical (unpaired) electrons. The molecule has 0 saturated heterocycles. The monoisotopic (exact) mass is 481 g/mol. The predicted molar refractivity (Wildman–Crippen MR) is 128 cm³/mol. The minimum atomic E-state index is -3.77. The fourth-order valence-electron chi connectivity index (χ4n) is 3.78. The van der Waals surface area contributed by atoms with Crippen LogP contribution in [0, 0.1) is 11.3 Å². The Bertz CT molecular complexity index is 1310. The fourth-order valence-corrected chi connectivity index (χ4v) is 6.08. The van der Waals surface area contributed by atoms with Gasteiger partial charge in [-0.3, -0.25) is 9.52 Å². The van der Waals surface area contributed by atoms with Crippen LogP contribution in [0.3, 0.4) is 0 Å². The van der Waals surface area contributed by atoms with Crippen molar-refractivity contribution in [3.63, 3.8) is 0 Å². The van der Waals surface area contributed by atoms with E-state index in [9.17, 15) is 18.5 Å². The van der Waals surface area contributed by atoms with Gasteiger partial charge in [0.1, 0.15) is 16.8 Å². The van der Waals surface area contributed by atoms with Gasteiger partial charge in [0.05, 0.1) is 17.6 Å². The van der Waals surface area contributed by atoms with Gasteiger partial charge in [-0.25, -0.2) is 8.42 Å². The van der Waals surface area contributed by atoms with Gasteiger partial charge in [-0.2, -0.15) is 5.26 Å². The van der Waals surface area contributed by atoms with E-state index in [1.165, 1.54) is 47.6 Å². The van der Waals surface area contributed by atoms with Gasteiger partial charge in [0.2, 0.25) is 0 Å². The number of carbonyl (C=O) groups is 1. The number of hydrogen-bond acceptors (Lipinski definition) is 6. The van der Waals surface area contributed by atoms with E-state index in [-0.39, 0.29) is 10.8 Å². The van der Waals surface area contributed by atoms with Gasteiger partial charge in [-0.05, 0) is 79.8 Å². The van der Waals surface area contributed by atoms with E-state index >= 15 is 0 Å². The quantitative estimate of drug-likeness (QED) is 0.484. The lowest BCUT2D eigenvalue weighted by atomic mass is 10.1. The van der Waals surface area contributed by atoms with Gasteiger partial charge in [0.25, 0.3) is 15.9 Å². The highest BCUT2D eigenvalue weighted by Gasteiger charge is 2.21. The molecule has 2 N–H and O–H groups in total. The van der Waals surface area contributed by atoms with Crippen LogP contribution in [0.2, 0.25) is 0 Å². The third-order valence-electron chi connectivity index (χ3n) is 5.53. The SMILES string of the molecule is COc1ccc(S(=O)(=O)Nc2ccc(C(=O)Nc3sc4c(c3C#N)CCCCC4)cc2)cc1. The van der Waals surface area contributed by atoms with Crippen molar-refractivity contribution >= 4 is 38.0 Å². The first-order valence-corrected chi connectivity index (χ1v) is 12.8. The minimum Gasteiger partial charge on any atom is -0.497 e. The zero-order chi connectivity index (χ0) is 23.4. The smallest absolute Gasteiger partial charge is 0.261 e. The standard InChI is InChI=1S/C24H23N3O4S2/c1-31-18-11-13-19(14-12-18)33(29,30)27-17-9-7-16(8-10-17)23(28)26-24-21(15-25)20-5-3-2-4-6-22(20)32-24/h7-14,27H,2-6H2,1H3,(H,26,28). The molecule has 170 valence electrons. The molecule has 0 saturated carbocycles. The number of carbonyl (C=O) groups excluding carboxylic acids is 1. The van der Waals surface area contributed by atoms with Crippen molar-refractivity contribution in [3.8, 4) is 11.8 Å². The fraction of sp³-hybridized carbons (Fsp3) is 0.250. The Morgan fingerprint density at radius 3 is 2.39 bits per heavy atom. The van der Waals surface area contributed by atoms with Crippen LogP contribution in [0.1, 0.15) is 45.6 Å². The Kier molecular flexibility index (Phi) is 6.67. The molecule has 0 aliphatic heterocycles. The van der Waals surface area contributed by atoms with E-state index < -0.39 is 10.0 Å². The van der Waals surface area contributed by atoms with Crippen LogP contribution < -0.4 is 14.8 Å². The molecule has 4 rings (SSSR count). The van der Waals surface area contributed by atoms with Gasteiger partial charge in [-0.1, -0.05) is 6.42 Å². The molecular weight excluding hydrogens is 458 g/mol. The van der Waals surface area contributed by atoms with Crippen LogP contribution in [0.15, 0.2) is 53.4 Å². The first-order chi connectivity index (χ1) is 15.9. The van der Waals surface area contributed by atoms with Crippen LogP contribution in [0.4, 0.5) is 10.7 Å². The number of nitrogens with zero attached hydrogens (tertiary/aromatic N) is 1. The predicted octanol–water partition coefficient (Wildman–Crippen LogP) is 4.95. The minimum absolute atomic E-state index is 0.103. The van der Waals surface area contributed by atoms with Crippen LogP contribution in [0.25, 0.3) is 0 Å². The second-order valence-electron chi connectivity index (χ2n) is 7.69. The summed E-state index contributed by atoms with van der Waals surface area (Å²) in [5.74, 6) is 0.221. The highest BCUT2D eigenvalue weighted by Crippen LogP contribution is 2.37. The summed E-state index contributed by atoms with van der Waals surface area (Å²) in [6, 6.07) is 14.5. The molecule has 0 spiro atoms. The van der Waals surface area contributed by atoms with E-state index in [1.807, 2.05) is 0 Å². The molecule has 3 aromatic rings. The Labute approximate surface area is 197 Å². The Morgan fingerprint density at radius 2 is 1.73 bits per heavy atom. The number of amides is 1. The lowest BCUT2D eigenvalue weighted by Gasteiger charge is -2.10. The van der Waals surface area contributed by atoms with Crippen LogP contribution in [0.5, 0.6) is 5.75 Å². The summed E-state index contributed by atoms with van der Waals surface area (Å²) in [7, 11) is -2.27. The van der Waals surface area contributed by atoms with Gasteiger partial charge in [-0.15, -0.1) is 11.3 Å². The molecule has 0 bridgehead atoms. The first-order valence-electron chi connectivity index (χ1n) is 10.5. The number of aryl methyl sites for hydroxylation is 1.